The van der Waals surface area contributed by atoms with E-state index in [1.807, 2.05) is 6.92 Å². The van der Waals surface area contributed by atoms with Gasteiger partial charge in [-0.25, -0.2) is 9.59 Å². The fraction of sp³-hybridized carbons (Fsp3) is 0.486. The number of hydrogen-bond acceptors (Lipinski definition) is 9. The van der Waals surface area contributed by atoms with E-state index in [1.165, 1.54) is 6.92 Å². The van der Waals surface area contributed by atoms with Crippen molar-refractivity contribution in [3.63, 3.8) is 0 Å². The SMILES string of the molecule is CC(=O)OC[C@]1(C)C2C[C@H](OC(=O)c3cccc(Cl)c3)[C@@]3(C)Oc4cc(-c5cccnc5)oc(=O)c4C(O)C3[C@@]2(C)CC[C@@H]1C. The molecule has 9 nitrogen and oxygen atoms in total. The molecule has 0 saturated heterocycles. The Bertz CT molecular complexity index is 1690. The van der Waals surface area contributed by atoms with Gasteiger partial charge in [-0.15, -0.1) is 0 Å². The van der Waals surface area contributed by atoms with Gasteiger partial charge in [0.1, 0.15) is 28.8 Å². The predicted molar refractivity (Wildman–Crippen MR) is 166 cm³/mol. The van der Waals surface area contributed by atoms with Crippen molar-refractivity contribution in [2.75, 3.05) is 6.61 Å². The Balaban J connectivity index is 1.50. The summed E-state index contributed by atoms with van der Waals surface area (Å²) in [5, 5.41) is 12.6. The van der Waals surface area contributed by atoms with Crippen LogP contribution in [0.2, 0.25) is 5.02 Å². The summed E-state index contributed by atoms with van der Waals surface area (Å²) >= 11 is 6.20. The van der Waals surface area contributed by atoms with Gasteiger partial charge < -0.3 is 23.7 Å². The second kappa shape index (κ2) is 11.3. The molecule has 0 amide bonds. The summed E-state index contributed by atoms with van der Waals surface area (Å²) in [5.74, 6) is -1.23. The van der Waals surface area contributed by atoms with Crippen molar-refractivity contribution >= 4 is 23.5 Å². The molecule has 2 aromatic heterocycles. The number of carbonyl (C=O) groups excluding carboxylic acids is 2. The lowest BCUT2D eigenvalue weighted by molar-refractivity contribution is -0.257. The first kappa shape index (κ1) is 31.3. The molecule has 8 atom stereocenters. The van der Waals surface area contributed by atoms with E-state index in [2.05, 4.69) is 25.8 Å². The van der Waals surface area contributed by atoms with Crippen molar-refractivity contribution in [3.8, 4) is 17.1 Å². The molecule has 1 N–H and O–H groups in total. The summed E-state index contributed by atoms with van der Waals surface area (Å²) in [6.07, 6.45) is 2.97. The number of halogens is 1. The smallest absolute Gasteiger partial charge is 0.345 e. The Morgan fingerprint density at radius 2 is 1.93 bits per heavy atom. The van der Waals surface area contributed by atoms with Crippen LogP contribution in [-0.4, -0.2) is 40.3 Å². The lowest BCUT2D eigenvalue weighted by atomic mass is 9.41. The van der Waals surface area contributed by atoms with Gasteiger partial charge in [-0.3, -0.25) is 9.78 Å². The molecule has 10 heteroatoms. The Morgan fingerprint density at radius 3 is 2.62 bits per heavy atom. The number of rotatable bonds is 5. The lowest BCUT2D eigenvalue weighted by Crippen LogP contribution is -2.70. The van der Waals surface area contributed by atoms with Crippen LogP contribution in [0.1, 0.15) is 75.9 Å². The molecular formula is C35H38ClNO8. The van der Waals surface area contributed by atoms with Gasteiger partial charge in [0.25, 0.3) is 0 Å². The molecule has 45 heavy (non-hydrogen) atoms. The van der Waals surface area contributed by atoms with Crippen LogP contribution in [0, 0.1) is 28.6 Å². The van der Waals surface area contributed by atoms with Crippen LogP contribution in [0.4, 0.5) is 0 Å². The lowest BCUT2D eigenvalue weighted by Gasteiger charge is -2.66. The number of aliphatic hydroxyl groups excluding tert-OH is 1. The molecular weight excluding hydrogens is 598 g/mol. The van der Waals surface area contributed by atoms with E-state index in [0.29, 0.717) is 17.0 Å². The summed E-state index contributed by atoms with van der Waals surface area (Å²) in [6, 6.07) is 11.6. The van der Waals surface area contributed by atoms with Crippen LogP contribution in [0.25, 0.3) is 11.3 Å². The van der Waals surface area contributed by atoms with E-state index in [9.17, 15) is 19.5 Å². The number of nitrogens with zero attached hydrogens (tertiary/aromatic N) is 1. The number of aromatic nitrogens is 1. The summed E-state index contributed by atoms with van der Waals surface area (Å²) in [6.45, 7) is 9.75. The zero-order chi connectivity index (χ0) is 32.3. The quantitative estimate of drug-likeness (QED) is 0.317. The maximum absolute atomic E-state index is 13.6. The minimum absolute atomic E-state index is 0.0345. The number of aliphatic hydroxyl groups is 1. The number of carbonyl (C=O) groups is 2. The monoisotopic (exact) mass is 635 g/mol. The molecule has 0 bridgehead atoms. The van der Waals surface area contributed by atoms with E-state index >= 15 is 0 Å². The zero-order valence-electron chi connectivity index (χ0n) is 26.0. The zero-order valence-corrected chi connectivity index (χ0v) is 26.8. The number of hydrogen-bond donors (Lipinski definition) is 1. The van der Waals surface area contributed by atoms with Crippen LogP contribution in [-0.2, 0) is 14.3 Å². The van der Waals surface area contributed by atoms with Crippen LogP contribution in [0.5, 0.6) is 5.75 Å². The highest BCUT2D eigenvalue weighted by Gasteiger charge is 2.70. The van der Waals surface area contributed by atoms with E-state index in [4.69, 9.17) is 30.2 Å². The third-order valence-corrected chi connectivity index (χ3v) is 11.2. The van der Waals surface area contributed by atoms with Gasteiger partial charge in [-0.05, 0) is 73.8 Å². The number of pyridine rings is 1. The highest BCUT2D eigenvalue weighted by Crippen LogP contribution is 2.68. The minimum Gasteiger partial charge on any atom is -0.482 e. The summed E-state index contributed by atoms with van der Waals surface area (Å²) in [4.78, 5) is 43.3. The Kier molecular flexibility index (Phi) is 7.85. The highest BCUT2D eigenvalue weighted by molar-refractivity contribution is 6.30. The first-order valence-electron chi connectivity index (χ1n) is 15.3. The molecule has 1 aromatic carbocycles. The van der Waals surface area contributed by atoms with E-state index in [-0.39, 0.29) is 47.0 Å². The van der Waals surface area contributed by atoms with Gasteiger partial charge in [0.05, 0.1) is 18.3 Å². The average molecular weight is 636 g/mol. The number of benzene rings is 1. The molecule has 6 rings (SSSR count). The molecule has 1 aliphatic heterocycles. The standard InChI is InChI=1S/C35H38ClNO8/c1-19-11-12-33(3)26(34(19,4)18-42-20(2)38)16-27(44-31(40)21-8-6-10-23(36)14-21)35(5)30(33)29(39)28-25(45-35)15-24(43-32(28)41)22-9-7-13-37-17-22/h6-10,13-15,17,19,26-27,29-30,39H,11-12,16,18H2,1-5H3/t19-,26?,27-,29?,30?,33-,34-,35+/m0/s1. The largest absolute Gasteiger partial charge is 0.482 e. The van der Waals surface area contributed by atoms with E-state index < -0.39 is 46.2 Å². The molecule has 0 radical (unpaired) electrons. The Labute approximate surface area is 266 Å². The second-order valence-corrected chi connectivity index (χ2v) is 14.0. The molecule has 238 valence electrons. The first-order chi connectivity index (χ1) is 21.3. The van der Waals surface area contributed by atoms with Crippen molar-refractivity contribution in [2.45, 2.75) is 71.7 Å². The maximum Gasteiger partial charge on any atom is 0.345 e. The average Bonchev–Trinajstić information content (AvgIpc) is 2.99. The number of fused-ring (bicyclic) bond motifs is 4. The van der Waals surface area contributed by atoms with Gasteiger partial charge in [-0.2, -0.15) is 0 Å². The summed E-state index contributed by atoms with van der Waals surface area (Å²) in [7, 11) is 0. The summed E-state index contributed by atoms with van der Waals surface area (Å²) < 4.78 is 24.4. The fourth-order valence-electron chi connectivity index (χ4n) is 8.51. The molecule has 3 aromatic rings. The predicted octanol–water partition coefficient (Wildman–Crippen LogP) is 6.41. The van der Waals surface area contributed by atoms with Crippen molar-refractivity contribution in [1.82, 2.24) is 4.98 Å². The molecule has 3 heterocycles. The van der Waals surface area contributed by atoms with Gasteiger partial charge in [0.2, 0.25) is 0 Å². The first-order valence-corrected chi connectivity index (χ1v) is 15.7. The third-order valence-electron chi connectivity index (χ3n) is 11.0. The minimum atomic E-state index is -1.29. The molecule has 3 unspecified atom stereocenters. The van der Waals surface area contributed by atoms with Crippen molar-refractivity contribution in [1.29, 1.82) is 0 Å². The highest BCUT2D eigenvalue weighted by atomic mass is 35.5. The van der Waals surface area contributed by atoms with Crippen LogP contribution >= 0.6 is 11.6 Å². The maximum atomic E-state index is 13.6. The number of esters is 2. The van der Waals surface area contributed by atoms with Gasteiger partial charge >= 0.3 is 17.6 Å². The van der Waals surface area contributed by atoms with E-state index in [0.717, 1.165) is 12.8 Å². The molecule has 2 saturated carbocycles. The van der Waals surface area contributed by atoms with Crippen molar-refractivity contribution < 1.29 is 33.3 Å². The third kappa shape index (κ3) is 5.14. The van der Waals surface area contributed by atoms with Crippen molar-refractivity contribution in [2.24, 2.45) is 28.6 Å². The fourth-order valence-corrected chi connectivity index (χ4v) is 8.70. The van der Waals surface area contributed by atoms with Gasteiger partial charge in [0.15, 0.2) is 0 Å². The molecule has 0 spiro atoms. The normalized spacial score (nSPS) is 33.5. The molecule has 2 aliphatic carbocycles. The Hall–Kier alpha value is -3.69. The van der Waals surface area contributed by atoms with Gasteiger partial charge in [-0.1, -0.05) is 38.4 Å². The van der Waals surface area contributed by atoms with Crippen LogP contribution in [0.15, 0.2) is 64.1 Å². The van der Waals surface area contributed by atoms with Crippen molar-refractivity contribution in [3.05, 3.63) is 81.4 Å². The van der Waals surface area contributed by atoms with Gasteiger partial charge in [0, 0.05) is 47.3 Å². The van der Waals surface area contributed by atoms with Crippen LogP contribution in [0.3, 0.4) is 0 Å². The molecule has 3 aliphatic rings. The summed E-state index contributed by atoms with van der Waals surface area (Å²) in [5.41, 5.74) is -2.17. The van der Waals surface area contributed by atoms with E-state index in [1.54, 1.807) is 54.9 Å². The van der Waals surface area contributed by atoms with Crippen LogP contribution < -0.4 is 10.4 Å². The second-order valence-electron chi connectivity index (χ2n) is 13.6. The molecule has 2 fully saturated rings. The topological polar surface area (TPSA) is 125 Å². The number of ether oxygens (including phenoxy) is 3. The Morgan fingerprint density at radius 1 is 1.16 bits per heavy atom.